The highest BCUT2D eigenvalue weighted by Gasteiger charge is 2.34. The van der Waals surface area contributed by atoms with Crippen molar-refractivity contribution in [2.45, 2.75) is 8.66 Å². The maximum Gasteiger partial charge on any atom is 0.126 e. The summed E-state index contributed by atoms with van der Waals surface area (Å²) in [6, 6.07) is 4.36. The van der Waals surface area contributed by atoms with Crippen LogP contribution in [0.3, 0.4) is 0 Å². The summed E-state index contributed by atoms with van der Waals surface area (Å²) in [6.45, 7) is 0. The van der Waals surface area contributed by atoms with Crippen molar-refractivity contribution < 1.29 is 0 Å². The first-order valence-corrected chi connectivity index (χ1v) is 8.51. The first-order valence-electron chi connectivity index (χ1n) is 4.30. The Morgan fingerprint density at radius 1 is 1.36 bits per heavy atom. The first kappa shape index (κ1) is 11.0. The Labute approximate surface area is 102 Å². The van der Waals surface area contributed by atoms with E-state index in [9.17, 15) is 0 Å². The predicted molar refractivity (Wildman–Crippen MR) is 73.6 cm³/mol. The van der Waals surface area contributed by atoms with Gasteiger partial charge in [0.05, 0.1) is 5.25 Å². The van der Waals surface area contributed by atoms with E-state index >= 15 is 0 Å². The molecule has 0 aromatic carbocycles. The summed E-state index contributed by atoms with van der Waals surface area (Å²) in [4.78, 5) is 1.47. The van der Waals surface area contributed by atoms with Crippen molar-refractivity contribution in [2.75, 3.05) is 12.5 Å². The van der Waals surface area contributed by atoms with Gasteiger partial charge in [0.15, 0.2) is 0 Å². The summed E-state index contributed by atoms with van der Waals surface area (Å²) in [6.07, 6.45) is 9.05. The third kappa shape index (κ3) is 2.03. The van der Waals surface area contributed by atoms with Crippen LogP contribution in [0.1, 0.15) is 10.1 Å². The molecule has 1 aliphatic rings. The van der Waals surface area contributed by atoms with Crippen molar-refractivity contribution in [2.24, 2.45) is 0 Å². The highest BCUT2D eigenvalue weighted by atomic mass is 32.3. The van der Waals surface area contributed by atoms with Gasteiger partial charge in [0.2, 0.25) is 0 Å². The van der Waals surface area contributed by atoms with Crippen LogP contribution in [-0.4, -0.2) is 15.9 Å². The molecule has 4 heteroatoms. The molecule has 2 heterocycles. The molecule has 0 nitrogen and oxygen atoms in total. The average molecular weight is 260 g/mol. The lowest BCUT2D eigenvalue weighted by atomic mass is 10.3. The molecule has 0 amide bonds. The van der Waals surface area contributed by atoms with Crippen LogP contribution in [0.25, 0.3) is 0 Å². The average Bonchev–Trinajstić information content (AvgIpc) is 2.87. The number of thiophene rings is 1. The Bertz CT molecular complexity index is 311. The fourth-order valence-electron chi connectivity index (χ4n) is 1.38. The van der Waals surface area contributed by atoms with E-state index < -0.39 is 0 Å². The van der Waals surface area contributed by atoms with E-state index in [1.165, 1.54) is 4.88 Å². The van der Waals surface area contributed by atoms with Crippen LogP contribution in [0, 0.1) is 0 Å². The van der Waals surface area contributed by atoms with Crippen LogP contribution in [0.2, 0.25) is 0 Å². The minimum absolute atomic E-state index is 0.245. The van der Waals surface area contributed by atoms with Crippen molar-refractivity contribution in [1.82, 2.24) is 0 Å². The number of thioether (sulfide) groups is 3. The summed E-state index contributed by atoms with van der Waals surface area (Å²) >= 11 is 7.74. The van der Waals surface area contributed by atoms with Gasteiger partial charge in [-0.3, -0.25) is 0 Å². The highest BCUT2D eigenvalue weighted by molar-refractivity contribution is 8.34. The molecule has 0 spiro atoms. The lowest BCUT2D eigenvalue weighted by molar-refractivity contribution is 1.32. The van der Waals surface area contributed by atoms with Crippen LogP contribution in [0.15, 0.2) is 29.7 Å². The topological polar surface area (TPSA) is 0 Å². The third-order valence-corrected chi connectivity index (χ3v) is 8.38. The van der Waals surface area contributed by atoms with Crippen molar-refractivity contribution in [3.8, 4) is 0 Å². The molecular weight excluding hydrogens is 248 g/mol. The molecule has 0 saturated carbocycles. The predicted octanol–water partition coefficient (Wildman–Crippen LogP) is 4.47. The Hall–Kier alpha value is 0.490. The Morgan fingerprint density at radius 3 is 2.64 bits per heavy atom. The van der Waals surface area contributed by atoms with E-state index in [2.05, 4.69) is 42.2 Å². The number of rotatable bonds is 3. The molecule has 1 aromatic heterocycles. The molecule has 1 unspecified atom stereocenters. The number of hydrogen-bond acceptors (Lipinski definition) is 4. The maximum atomic E-state index is 2.34. The fourth-order valence-corrected chi connectivity index (χ4v) is 5.73. The van der Waals surface area contributed by atoms with Crippen molar-refractivity contribution in [3.05, 3.63) is 34.5 Å². The zero-order valence-corrected chi connectivity index (χ0v) is 11.4. The van der Waals surface area contributed by atoms with E-state index in [0.29, 0.717) is 5.25 Å². The molecule has 76 valence electrons. The minimum atomic E-state index is 0.245. The van der Waals surface area contributed by atoms with Crippen molar-refractivity contribution in [1.29, 1.82) is 0 Å². The molecule has 1 atom stereocenters. The summed E-state index contributed by atoms with van der Waals surface area (Å²) in [7, 11) is 0. The first-order chi connectivity index (χ1) is 6.79. The van der Waals surface area contributed by atoms with Crippen LogP contribution in [-0.2, 0) is 0 Å². The normalized spacial score (nSPS) is 24.3. The van der Waals surface area contributed by atoms with E-state index in [-0.39, 0.29) is 3.41 Å². The Balaban J connectivity index is 2.13. The second kappa shape index (κ2) is 4.56. The van der Waals surface area contributed by atoms with Gasteiger partial charge in [-0.2, -0.15) is 0 Å². The van der Waals surface area contributed by atoms with E-state index in [0.717, 1.165) is 0 Å². The van der Waals surface area contributed by atoms with E-state index in [4.69, 9.17) is 0 Å². The molecule has 0 bridgehead atoms. The quantitative estimate of drug-likeness (QED) is 0.581. The number of hydrogen-bond donors (Lipinski definition) is 0. The second-order valence-corrected chi connectivity index (χ2v) is 8.17. The van der Waals surface area contributed by atoms with Gasteiger partial charge in [0.25, 0.3) is 0 Å². The largest absolute Gasteiger partial charge is 0.147 e. The molecular formula is C10H12S4. The molecule has 1 aromatic rings. The molecule has 0 saturated heterocycles. The van der Waals surface area contributed by atoms with Gasteiger partial charge in [-0.05, 0) is 24.0 Å². The van der Waals surface area contributed by atoms with Crippen LogP contribution < -0.4 is 0 Å². The van der Waals surface area contributed by atoms with Gasteiger partial charge >= 0.3 is 0 Å². The lowest BCUT2D eigenvalue weighted by Crippen LogP contribution is -2.06. The molecule has 2 rings (SSSR count). The minimum Gasteiger partial charge on any atom is -0.147 e. The van der Waals surface area contributed by atoms with Crippen LogP contribution in [0.5, 0.6) is 0 Å². The summed E-state index contributed by atoms with van der Waals surface area (Å²) < 4.78 is 0.245. The van der Waals surface area contributed by atoms with Crippen molar-refractivity contribution in [3.63, 3.8) is 0 Å². The zero-order valence-electron chi connectivity index (χ0n) is 8.10. The van der Waals surface area contributed by atoms with Gasteiger partial charge in [-0.15, -0.1) is 46.6 Å². The van der Waals surface area contributed by atoms with E-state index in [1.54, 1.807) is 0 Å². The second-order valence-electron chi connectivity index (χ2n) is 2.92. The molecule has 1 aliphatic heterocycles. The molecule has 0 radical (unpaired) electrons. The van der Waals surface area contributed by atoms with Gasteiger partial charge in [0, 0.05) is 4.88 Å². The van der Waals surface area contributed by atoms with Crippen LogP contribution >= 0.6 is 46.6 Å². The monoisotopic (exact) mass is 260 g/mol. The standard InChI is InChI=1S/C10H12S4/c1-11-10(12-2)6-5-9(14-10)8-4-3-7-13-8/h3-7,9H,1-2H3. The molecule has 0 fully saturated rings. The van der Waals surface area contributed by atoms with Gasteiger partial charge in [-0.25, -0.2) is 0 Å². The fraction of sp³-hybridized carbons (Fsp3) is 0.400. The lowest BCUT2D eigenvalue weighted by Gasteiger charge is -2.22. The SMILES string of the molecule is CSC1(SC)C=CC(c2cccs2)S1. The van der Waals surface area contributed by atoms with E-state index in [1.807, 2.05) is 46.6 Å². The van der Waals surface area contributed by atoms with Crippen LogP contribution in [0.4, 0.5) is 0 Å². The highest BCUT2D eigenvalue weighted by Crippen LogP contribution is 2.57. The van der Waals surface area contributed by atoms with Crippen molar-refractivity contribution >= 4 is 46.6 Å². The summed E-state index contributed by atoms with van der Waals surface area (Å²) in [5.41, 5.74) is 0. The molecule has 0 N–H and O–H groups in total. The van der Waals surface area contributed by atoms with Gasteiger partial charge in [-0.1, -0.05) is 18.2 Å². The zero-order chi connectivity index (χ0) is 10.0. The summed E-state index contributed by atoms with van der Waals surface area (Å²) in [5.74, 6) is 0. The third-order valence-electron chi connectivity index (χ3n) is 2.16. The molecule has 0 aliphatic carbocycles. The Kier molecular flexibility index (Phi) is 3.58. The van der Waals surface area contributed by atoms with Gasteiger partial charge in [0.1, 0.15) is 3.41 Å². The summed E-state index contributed by atoms with van der Waals surface area (Å²) in [5, 5.41) is 2.72. The van der Waals surface area contributed by atoms with Gasteiger partial charge < -0.3 is 0 Å². The smallest absolute Gasteiger partial charge is 0.126 e. The maximum absolute atomic E-state index is 2.34. The Morgan fingerprint density at radius 2 is 2.14 bits per heavy atom. The molecule has 14 heavy (non-hydrogen) atoms.